The zero-order valence-corrected chi connectivity index (χ0v) is 69.7. The molecule has 4 aliphatic rings. The van der Waals surface area contributed by atoms with Gasteiger partial charge in [0.1, 0.15) is 47.0 Å². The number of ether oxygens (including phenoxy) is 6. The van der Waals surface area contributed by atoms with Gasteiger partial charge in [-0.1, -0.05) is 13.8 Å². The van der Waals surface area contributed by atoms with Crippen molar-refractivity contribution in [3.63, 3.8) is 0 Å². The Morgan fingerprint density at radius 3 is 1.31 bits per heavy atom. The molecule has 0 spiro atoms. The van der Waals surface area contributed by atoms with E-state index in [0.717, 1.165) is 50.2 Å². The average Bonchev–Trinajstić information content (AvgIpc) is 1.62. The molecule has 0 bridgehead atoms. The third-order valence-corrected chi connectivity index (χ3v) is 26.5. The molecule has 2 saturated heterocycles. The lowest BCUT2D eigenvalue weighted by molar-refractivity contribution is -0.147. The number of halogens is 4. The van der Waals surface area contributed by atoms with E-state index >= 15 is 0 Å². The third kappa shape index (κ3) is 35.1. The van der Waals surface area contributed by atoms with Crippen LogP contribution in [0.3, 0.4) is 0 Å². The summed E-state index contributed by atoms with van der Waals surface area (Å²) in [7, 11) is -9.68. The number of alkyl halides is 4. The van der Waals surface area contributed by atoms with Gasteiger partial charge in [0.05, 0.1) is 75.9 Å². The van der Waals surface area contributed by atoms with Gasteiger partial charge in [0.15, 0.2) is 19.3 Å². The number of nitrogens with one attached hydrogen (secondary N) is 4. The molecule has 4 heterocycles. The van der Waals surface area contributed by atoms with Gasteiger partial charge in [-0.2, -0.15) is 74.6 Å². The van der Waals surface area contributed by atoms with Crippen molar-refractivity contribution < 1.29 is 157 Å². The molecule has 49 heteroatoms. The smallest absolute Gasteiger partial charge is 0.469 e. The van der Waals surface area contributed by atoms with Gasteiger partial charge in [0.2, 0.25) is 24.3 Å². The Labute approximate surface area is 690 Å². The molecule has 39 nitrogen and oxygen atoms in total. The van der Waals surface area contributed by atoms with E-state index in [9.17, 15) is 114 Å². The van der Waals surface area contributed by atoms with Crippen LogP contribution in [0.5, 0.6) is 0 Å². The van der Waals surface area contributed by atoms with Crippen molar-refractivity contribution in [2.45, 2.75) is 194 Å². The Hall–Kier alpha value is -6.66. The molecule has 6 rings (SSSR count). The van der Waals surface area contributed by atoms with Crippen molar-refractivity contribution in [2.75, 3.05) is 99.1 Å². The fourth-order valence-electron chi connectivity index (χ4n) is 11.3. The van der Waals surface area contributed by atoms with Crippen LogP contribution in [-0.2, 0) is 99.6 Å². The summed E-state index contributed by atoms with van der Waals surface area (Å²) >= 11 is 6.23. The lowest BCUT2D eigenvalue weighted by atomic mass is 9.99. The predicted molar refractivity (Wildman–Crippen MR) is 415 cm³/mol. The zero-order valence-electron chi connectivity index (χ0n) is 64.7. The van der Waals surface area contributed by atoms with Crippen LogP contribution in [0.25, 0.3) is 0 Å². The number of aliphatic carboxylic acids is 2. The molecule has 2 aromatic rings. The molecule has 2 aliphatic carbocycles. The van der Waals surface area contributed by atoms with E-state index in [2.05, 4.69) is 35.8 Å². The Morgan fingerprint density at radius 2 is 0.932 bits per heavy atom. The second kappa shape index (κ2) is 49.4. The van der Waals surface area contributed by atoms with Gasteiger partial charge in [0.25, 0.3) is 11.8 Å². The second-order valence-electron chi connectivity index (χ2n) is 27.8. The number of nitrogens with zero attached hydrogens (tertiary/aromatic N) is 4. The van der Waals surface area contributed by atoms with E-state index in [-0.39, 0.29) is 169 Å². The number of Topliss-reactive ketones (excluding diaryl/α,β-unsaturated/α-hetero) is 4. The van der Waals surface area contributed by atoms with E-state index < -0.39 is 173 Å². The number of aliphatic hydroxyl groups is 2. The second-order valence-corrected chi connectivity index (χ2v) is 35.9. The molecule has 0 aromatic carbocycles. The first-order valence-electron chi connectivity index (χ1n) is 37.3. The molecule has 4 amide bonds. The summed E-state index contributed by atoms with van der Waals surface area (Å²) in [5.74, 6) is -16.7. The van der Waals surface area contributed by atoms with Crippen molar-refractivity contribution >= 4 is 145 Å². The number of carboxylic acids is 2. The van der Waals surface area contributed by atoms with Crippen molar-refractivity contribution in [3.05, 3.63) is 45.5 Å². The Kier molecular flexibility index (Phi) is 42.7. The van der Waals surface area contributed by atoms with Crippen LogP contribution in [0.2, 0.25) is 0 Å². The maximum atomic E-state index is 14.7. The minimum Gasteiger partial charge on any atom is -0.481 e. The Balaban J connectivity index is 0.000000420. The molecule has 118 heavy (non-hydrogen) atoms. The molecule has 2 saturated carbocycles. The van der Waals surface area contributed by atoms with Crippen LogP contribution in [0.15, 0.2) is 34.1 Å². The van der Waals surface area contributed by atoms with E-state index in [1.165, 1.54) is 37.4 Å². The highest BCUT2D eigenvalue weighted by Gasteiger charge is 2.61. The average molecular weight is 1800 g/mol. The topological polar surface area (TPSA) is 583 Å². The normalized spacial score (nSPS) is 22.1. The fraction of sp³-hybridized carbons (Fsp3) is 0.710. The van der Waals surface area contributed by atoms with Crippen LogP contribution in [0.1, 0.15) is 136 Å². The number of aromatic nitrogens is 4. The summed E-state index contributed by atoms with van der Waals surface area (Å²) in [5, 5.41) is 49.3. The van der Waals surface area contributed by atoms with Gasteiger partial charge < -0.3 is 89.7 Å². The van der Waals surface area contributed by atoms with Gasteiger partial charge in [-0.15, -0.1) is 0 Å². The van der Waals surface area contributed by atoms with E-state index in [1.54, 1.807) is 23.5 Å². The molecular weight excluding hydrogens is 1700 g/mol. The number of phosphoric ester groups is 1. The van der Waals surface area contributed by atoms with Crippen molar-refractivity contribution in [1.29, 1.82) is 0 Å². The molecule has 12 N–H and O–H groups in total. The van der Waals surface area contributed by atoms with Crippen LogP contribution >= 0.6 is 62.5 Å². The first-order chi connectivity index (χ1) is 55.4. The maximum absolute atomic E-state index is 14.7. The minimum absolute atomic E-state index is 0.0210. The fourth-order valence-corrected chi connectivity index (χ4v) is 19.0. The van der Waals surface area contributed by atoms with Crippen LogP contribution in [0, 0.1) is 23.7 Å². The lowest BCUT2D eigenvalue weighted by Gasteiger charge is -2.36. The SMILES string of the molecule is CCC(CSC1CCC1SCC(CC(=O)CCOCCC(C)=O)C(=O)NCCC(=O)OCC(=O)Nc1ccn([C@@H]2O[C@H](COP(=O)(O)O)[C@@H](O)C2(F)F)c(=O)n1)C(=O)O.CCC(CSC1CCC1SCC(CC(=O)CCOCCC(C)=O)C(=O)O)C(=O)NCCC(=O)OCC(=O)Nc1ccn([C@@H]2O[C@H](CCP(=O)(O)O)[C@@H](O)C2(F)F)c(=O)n1. The number of anilines is 2. The molecule has 4 fully saturated rings. The van der Waals surface area contributed by atoms with Crippen LogP contribution in [0.4, 0.5) is 29.2 Å². The van der Waals surface area contributed by atoms with E-state index in [0.29, 0.717) is 28.9 Å². The number of aliphatic hydroxyl groups excluding tert-OH is 2. The van der Waals surface area contributed by atoms with Crippen LogP contribution < -0.4 is 32.6 Å². The third-order valence-electron chi connectivity index (χ3n) is 18.5. The Morgan fingerprint density at radius 1 is 0.559 bits per heavy atom. The first-order valence-corrected chi connectivity index (χ1v) is 44.9. The quantitative estimate of drug-likeness (QED) is 0.0196. The molecular formula is C69H100F4N8O31P2S4. The molecule has 2 aliphatic heterocycles. The number of esters is 2. The molecule has 664 valence electrons. The zero-order chi connectivity index (χ0) is 87.8. The van der Waals surface area contributed by atoms with Gasteiger partial charge >= 0.3 is 62.5 Å². The predicted octanol–water partition coefficient (Wildman–Crippen LogP) is 3.07. The van der Waals surface area contributed by atoms with Gasteiger partial charge in [-0.3, -0.25) is 75.8 Å². The first kappa shape index (κ1) is 102. The highest BCUT2D eigenvalue weighted by molar-refractivity contribution is 8.04. The monoisotopic (exact) mass is 1800 g/mol. The summed E-state index contributed by atoms with van der Waals surface area (Å²) < 4.78 is 116. The van der Waals surface area contributed by atoms with E-state index in [4.69, 9.17) is 48.0 Å². The summed E-state index contributed by atoms with van der Waals surface area (Å²) in [5.41, 5.74) is -2.68. The summed E-state index contributed by atoms with van der Waals surface area (Å²) in [6, 6.07) is 1.90. The molecule has 0 radical (unpaired) electrons. The number of thioether (sulfide) groups is 4. The number of hydrogen-bond donors (Lipinski definition) is 12. The Bertz CT molecular complexity index is 4000. The number of ketones is 4. The van der Waals surface area contributed by atoms with Crippen molar-refractivity contribution in [2.24, 2.45) is 23.7 Å². The number of rotatable bonds is 54. The number of amides is 4. The maximum Gasteiger partial charge on any atom is 0.469 e. The van der Waals surface area contributed by atoms with Gasteiger partial charge in [-0.25, -0.2) is 14.2 Å². The van der Waals surface area contributed by atoms with E-state index in [1.807, 2.05) is 13.8 Å². The number of carbonyl (C=O) groups excluding carboxylic acids is 10. The summed E-state index contributed by atoms with van der Waals surface area (Å²) in [4.78, 5) is 213. The van der Waals surface area contributed by atoms with Crippen molar-refractivity contribution in [3.8, 4) is 0 Å². The van der Waals surface area contributed by atoms with Gasteiger partial charge in [-0.05, 0) is 70.9 Å². The highest BCUT2D eigenvalue weighted by Crippen LogP contribution is 2.48. The van der Waals surface area contributed by atoms with Crippen LogP contribution in [-0.4, -0.2) is 276 Å². The number of hydrogen-bond acceptors (Lipinski definition) is 31. The summed E-state index contributed by atoms with van der Waals surface area (Å²) in [6.45, 7) is 4.07. The highest BCUT2D eigenvalue weighted by atomic mass is 32.2. The summed E-state index contributed by atoms with van der Waals surface area (Å²) in [6.07, 6.45) is -9.06. The number of carbonyl (C=O) groups is 12. The standard InChI is InChI=1S/C35H51F2N4O15PS2.C34H49F2N4O16PS2/c1-3-21(18-58-25-4-5-26(25)59-19-22(32(48)49)16-23(43)9-14-54-13-8-20(2)42)31(47)38-11-6-29(45)55-17-28(44)39-27-7-12-41(34(50)40-27)33-35(36,37)30(46)24(56-33)10-15-57(51,52)53;1-3-20(31(47)48)17-58-24-4-5-25(24)59-18-21(14-22(42)9-13-53-12-8-19(2)41)30(46)37-10-6-28(44)54-16-27(43)38-26-7-11-40(33(49)39-26)32-34(35,36)29(45)23(56-32)15-55-57(50,51)52/h7,12,21-22,24-26,30,33,46H,3-6,8-11,13-19H2,1-2H3,(H,38,47)(H,48,49)(H2,51,52,53)(H,39,40,44,50);7,11,20-21,23-25,29,32,45H,3-6,8-10,12-18H2,1-2H3,(H,37,46)(H,47,48)(H2,50,51,52)(H,38,39,43,49)/t21?,22?,24-,25?,26?,30-,33-;20?,21?,23-,24?,25?,29-,32-/m11/s1. The minimum atomic E-state index is -5.10. The van der Waals surface area contributed by atoms with Gasteiger partial charge in [0, 0.05) is 114 Å². The number of phosphoric acid groups is 1. The van der Waals surface area contributed by atoms with Crippen molar-refractivity contribution in [1.82, 2.24) is 29.7 Å². The molecule has 2 aromatic heterocycles. The number of carboxylic acid groups (broad SMARTS) is 2. The largest absolute Gasteiger partial charge is 0.481 e. The lowest BCUT2D eigenvalue weighted by Crippen LogP contribution is -2.42. The molecule has 8 unspecified atom stereocenters. The molecule has 14 atom stereocenters.